The average molecular weight is 237 g/mol. The summed E-state index contributed by atoms with van der Waals surface area (Å²) in [6.45, 7) is 0. The minimum absolute atomic E-state index is 0.345. The molecule has 0 aromatic carbocycles. The van der Waals surface area contributed by atoms with Gasteiger partial charge in [-0.25, -0.2) is 9.18 Å². The fourth-order valence-corrected chi connectivity index (χ4v) is 1.48. The van der Waals surface area contributed by atoms with E-state index in [1.807, 2.05) is 0 Å². The summed E-state index contributed by atoms with van der Waals surface area (Å²) < 4.78 is 22.7. The van der Waals surface area contributed by atoms with Gasteiger partial charge in [0, 0.05) is 7.11 Å². The summed E-state index contributed by atoms with van der Waals surface area (Å²) in [6.07, 6.45) is -1.69. The lowest BCUT2D eigenvalue weighted by atomic mass is 9.99. The van der Waals surface area contributed by atoms with Crippen LogP contribution in [0.25, 0.3) is 0 Å². The number of carbonyl (C=O) groups is 1. The molecule has 2 atom stereocenters. The van der Waals surface area contributed by atoms with E-state index < -0.39 is 29.6 Å². The van der Waals surface area contributed by atoms with Crippen molar-refractivity contribution in [3.05, 3.63) is 22.4 Å². The lowest BCUT2D eigenvalue weighted by Gasteiger charge is -2.23. The van der Waals surface area contributed by atoms with Gasteiger partial charge in [-0.05, 0) is 6.08 Å². The minimum atomic E-state index is -1.74. The lowest BCUT2D eigenvalue weighted by molar-refractivity contribution is -0.137. The van der Waals surface area contributed by atoms with Crippen LogP contribution < -0.4 is 0 Å². The van der Waals surface area contributed by atoms with E-state index in [1.54, 1.807) is 0 Å². The van der Waals surface area contributed by atoms with Crippen LogP contribution in [0.1, 0.15) is 0 Å². The highest BCUT2D eigenvalue weighted by molar-refractivity contribution is 6.34. The Balaban J connectivity index is 3.14. The number of rotatable bonds is 2. The highest BCUT2D eigenvalue weighted by atomic mass is 35.5. The summed E-state index contributed by atoms with van der Waals surface area (Å²) in [5, 5.41) is 8.98. The van der Waals surface area contributed by atoms with E-state index in [0.29, 0.717) is 0 Å². The van der Waals surface area contributed by atoms with Gasteiger partial charge in [-0.3, -0.25) is 0 Å². The van der Waals surface area contributed by atoms with Crippen LogP contribution in [0.2, 0.25) is 0 Å². The summed E-state index contributed by atoms with van der Waals surface area (Å²) >= 11 is 5.59. The largest absolute Gasteiger partial charge is 0.507 e. The molecule has 0 saturated heterocycles. The Morgan fingerprint density at radius 3 is 2.67 bits per heavy atom. The van der Waals surface area contributed by atoms with Gasteiger partial charge in [-0.1, -0.05) is 11.6 Å². The van der Waals surface area contributed by atoms with Crippen LogP contribution in [0.5, 0.6) is 0 Å². The molecule has 0 amide bonds. The first-order valence-corrected chi connectivity index (χ1v) is 4.46. The third kappa shape index (κ3) is 2.13. The molecule has 0 aromatic heterocycles. The topological polar surface area (TPSA) is 55.8 Å². The lowest BCUT2D eigenvalue weighted by Crippen LogP contribution is -2.32. The number of aliphatic hydroxyl groups excluding tert-OH is 1. The molecule has 1 N–H and O–H groups in total. The molecule has 0 spiro atoms. The Kier molecular flexibility index (Phi) is 3.71. The Bertz CT molecular complexity index is 337. The molecule has 1 aliphatic rings. The molecule has 84 valence electrons. The quantitative estimate of drug-likeness (QED) is 0.738. The van der Waals surface area contributed by atoms with Gasteiger partial charge in [0.1, 0.15) is 11.9 Å². The van der Waals surface area contributed by atoms with E-state index in [9.17, 15) is 14.3 Å². The van der Waals surface area contributed by atoms with E-state index in [2.05, 4.69) is 4.74 Å². The summed E-state index contributed by atoms with van der Waals surface area (Å²) in [5.41, 5.74) is -0.425. The fraction of sp³-hybridized carbons (Fsp3) is 0.444. The molecular weight excluding hydrogens is 227 g/mol. The number of halogens is 2. The number of carbonyl (C=O) groups excluding carboxylic acids is 1. The third-order valence-corrected chi connectivity index (χ3v) is 2.42. The van der Waals surface area contributed by atoms with E-state index in [-0.39, 0.29) is 5.03 Å². The molecule has 0 bridgehead atoms. The third-order valence-electron chi connectivity index (χ3n) is 2.03. The van der Waals surface area contributed by atoms with Crippen LogP contribution in [0.4, 0.5) is 4.39 Å². The number of ether oxygens (including phenoxy) is 2. The molecule has 4 nitrogen and oxygen atoms in total. The van der Waals surface area contributed by atoms with Gasteiger partial charge in [0.25, 0.3) is 0 Å². The Morgan fingerprint density at radius 1 is 1.60 bits per heavy atom. The van der Waals surface area contributed by atoms with Crippen molar-refractivity contribution in [1.29, 1.82) is 0 Å². The van der Waals surface area contributed by atoms with Gasteiger partial charge in [-0.2, -0.15) is 0 Å². The molecule has 0 radical (unpaired) electrons. The first-order chi connectivity index (χ1) is 7.02. The number of alkyl halides is 1. The fourth-order valence-electron chi connectivity index (χ4n) is 1.24. The van der Waals surface area contributed by atoms with Crippen molar-refractivity contribution in [3.63, 3.8) is 0 Å². The maximum absolute atomic E-state index is 13.7. The molecule has 0 aromatic rings. The summed E-state index contributed by atoms with van der Waals surface area (Å²) in [4.78, 5) is 11.2. The van der Waals surface area contributed by atoms with Gasteiger partial charge in [0.2, 0.25) is 0 Å². The van der Waals surface area contributed by atoms with Crippen LogP contribution in [-0.2, 0) is 14.3 Å². The van der Waals surface area contributed by atoms with Crippen molar-refractivity contribution in [1.82, 2.24) is 0 Å². The second kappa shape index (κ2) is 4.63. The number of hydrogen-bond donors (Lipinski definition) is 1. The highest BCUT2D eigenvalue weighted by Gasteiger charge is 2.36. The maximum Gasteiger partial charge on any atom is 0.338 e. The van der Waals surface area contributed by atoms with Crippen LogP contribution in [0.15, 0.2) is 22.4 Å². The predicted molar refractivity (Wildman–Crippen MR) is 51.3 cm³/mol. The Labute approximate surface area is 90.9 Å². The van der Waals surface area contributed by atoms with Crippen molar-refractivity contribution in [2.24, 2.45) is 0 Å². The second-order valence-electron chi connectivity index (χ2n) is 2.87. The highest BCUT2D eigenvalue weighted by Crippen LogP contribution is 2.31. The van der Waals surface area contributed by atoms with Gasteiger partial charge >= 0.3 is 5.97 Å². The molecule has 1 rings (SSSR count). The molecule has 1 aliphatic carbocycles. The van der Waals surface area contributed by atoms with Crippen LogP contribution >= 0.6 is 11.6 Å². The average Bonchev–Trinajstić information content (AvgIpc) is 2.23. The number of aliphatic hydroxyl groups is 1. The van der Waals surface area contributed by atoms with E-state index in [4.69, 9.17) is 16.3 Å². The molecule has 0 fully saturated rings. The molecule has 15 heavy (non-hydrogen) atoms. The summed E-state index contributed by atoms with van der Waals surface area (Å²) in [5.74, 6) is -1.31. The number of esters is 1. The van der Waals surface area contributed by atoms with Crippen LogP contribution in [-0.4, -0.2) is 37.6 Å². The van der Waals surface area contributed by atoms with Crippen molar-refractivity contribution < 1.29 is 23.8 Å². The van der Waals surface area contributed by atoms with Gasteiger partial charge in [0.15, 0.2) is 6.17 Å². The molecule has 6 heteroatoms. The Morgan fingerprint density at radius 2 is 2.20 bits per heavy atom. The van der Waals surface area contributed by atoms with Gasteiger partial charge in [-0.15, -0.1) is 0 Å². The number of allylic oxidation sites excluding steroid dienone is 1. The normalized spacial score (nSPS) is 26.3. The first kappa shape index (κ1) is 12.0. The van der Waals surface area contributed by atoms with Crippen molar-refractivity contribution in [3.8, 4) is 0 Å². The SMILES string of the molecule is COC(=O)C1=C(Cl)C(O)=CC(OC)C1F. The van der Waals surface area contributed by atoms with Crippen molar-refractivity contribution >= 4 is 17.6 Å². The molecule has 2 unspecified atom stereocenters. The minimum Gasteiger partial charge on any atom is -0.507 e. The Hall–Kier alpha value is -1.07. The zero-order valence-electron chi connectivity index (χ0n) is 8.16. The molecular formula is C9H10ClFO4. The summed E-state index contributed by atoms with van der Waals surface area (Å²) in [6, 6.07) is 0. The molecule has 0 aliphatic heterocycles. The maximum atomic E-state index is 13.7. The second-order valence-corrected chi connectivity index (χ2v) is 3.25. The predicted octanol–water partition coefficient (Wildman–Crippen LogP) is 1.46. The van der Waals surface area contributed by atoms with E-state index >= 15 is 0 Å². The zero-order chi connectivity index (χ0) is 11.6. The zero-order valence-corrected chi connectivity index (χ0v) is 8.92. The summed E-state index contributed by atoms with van der Waals surface area (Å²) in [7, 11) is 2.36. The van der Waals surface area contributed by atoms with E-state index in [0.717, 1.165) is 13.2 Å². The molecule has 0 heterocycles. The standard InChI is InChI=1S/C9H10ClFO4/c1-14-5-3-4(12)7(10)6(8(5)11)9(13)15-2/h3,5,8,12H,1-2H3. The first-order valence-electron chi connectivity index (χ1n) is 4.09. The smallest absolute Gasteiger partial charge is 0.338 e. The van der Waals surface area contributed by atoms with Crippen molar-refractivity contribution in [2.45, 2.75) is 12.3 Å². The number of hydrogen-bond acceptors (Lipinski definition) is 4. The van der Waals surface area contributed by atoms with Crippen molar-refractivity contribution in [2.75, 3.05) is 14.2 Å². The number of methoxy groups -OCH3 is 2. The molecule has 0 saturated carbocycles. The van der Waals surface area contributed by atoms with Gasteiger partial charge < -0.3 is 14.6 Å². The van der Waals surface area contributed by atoms with E-state index in [1.165, 1.54) is 7.11 Å². The van der Waals surface area contributed by atoms with Gasteiger partial charge in [0.05, 0.1) is 17.7 Å². The van der Waals surface area contributed by atoms with Crippen LogP contribution in [0.3, 0.4) is 0 Å². The monoisotopic (exact) mass is 236 g/mol. The van der Waals surface area contributed by atoms with Crippen LogP contribution in [0, 0.1) is 0 Å².